The number of carbonyl (C=O) groups is 4. The van der Waals surface area contributed by atoms with Crippen LogP contribution in [0.1, 0.15) is 98.0 Å². The fourth-order valence-electron chi connectivity index (χ4n) is 4.67. The molecule has 43 heavy (non-hydrogen) atoms. The van der Waals surface area contributed by atoms with Crippen LogP contribution in [-0.2, 0) is 30.2 Å². The Morgan fingerprint density at radius 1 is 0.814 bits per heavy atom. The second-order valence-corrected chi connectivity index (χ2v) is 11.0. The molecule has 0 heterocycles. The average Bonchev–Trinajstić information content (AvgIpc) is 2.92. The Bertz CT molecular complexity index is 1040. The van der Waals surface area contributed by atoms with Crippen molar-refractivity contribution >= 4 is 24.4 Å². The molecule has 12 nitrogen and oxygen atoms in total. The highest BCUT2D eigenvalue weighted by Crippen LogP contribution is 2.30. The first-order valence-corrected chi connectivity index (χ1v) is 15.2. The summed E-state index contributed by atoms with van der Waals surface area (Å²) in [7, 11) is 0. The van der Waals surface area contributed by atoms with E-state index in [0.29, 0.717) is 18.4 Å². The minimum atomic E-state index is -1.14. The third-order valence-corrected chi connectivity index (χ3v) is 6.88. The maximum atomic E-state index is 12.5. The van der Waals surface area contributed by atoms with Gasteiger partial charge < -0.3 is 38.8 Å². The van der Waals surface area contributed by atoms with Crippen molar-refractivity contribution in [2.45, 2.75) is 129 Å². The molecule has 1 fully saturated rings. The minimum absolute atomic E-state index is 0.0233. The number of carboxylic acid groups (broad SMARTS) is 1. The predicted octanol–water partition coefficient (Wildman–Crippen LogP) is 6.55. The Balaban J connectivity index is 2.07. The summed E-state index contributed by atoms with van der Waals surface area (Å²) in [6.07, 6.45) is 3.36. The zero-order valence-corrected chi connectivity index (χ0v) is 25.9. The smallest absolute Gasteiger partial charge is 0.480 e. The molecular formula is C31H47NO11. The van der Waals surface area contributed by atoms with Gasteiger partial charge in [0, 0.05) is 6.54 Å². The van der Waals surface area contributed by atoms with Gasteiger partial charge in [-0.05, 0) is 83.4 Å². The second-order valence-electron chi connectivity index (χ2n) is 11.0. The Labute approximate surface area is 253 Å². The van der Waals surface area contributed by atoms with Crippen molar-refractivity contribution in [3.05, 3.63) is 23.8 Å². The lowest BCUT2D eigenvalue weighted by Crippen LogP contribution is -2.43. The Kier molecular flexibility index (Phi) is 15.7. The first-order valence-electron chi connectivity index (χ1n) is 15.2. The fraction of sp³-hybridized carbons (Fsp3) is 0.677. The largest absolute Gasteiger partial charge is 0.514 e. The SMILES string of the molecule is CCCC(C)OC(=O)Oc1ccc(C[C@H](NCC(C)OC(=O)OC2CCCCC2)C(=O)O)cc1OC(=O)OC(C)CCC. The summed E-state index contributed by atoms with van der Waals surface area (Å²) in [4.78, 5) is 49.0. The maximum Gasteiger partial charge on any atom is 0.514 e. The molecule has 1 aromatic carbocycles. The van der Waals surface area contributed by atoms with Crippen molar-refractivity contribution in [2.24, 2.45) is 0 Å². The highest BCUT2D eigenvalue weighted by molar-refractivity contribution is 5.74. The van der Waals surface area contributed by atoms with E-state index in [9.17, 15) is 24.3 Å². The van der Waals surface area contributed by atoms with Gasteiger partial charge >= 0.3 is 24.4 Å². The quantitative estimate of drug-likeness (QED) is 0.118. The molecule has 1 aliphatic carbocycles. The number of hydrogen-bond acceptors (Lipinski definition) is 11. The summed E-state index contributed by atoms with van der Waals surface area (Å²) in [6, 6.07) is 3.28. The average molecular weight is 610 g/mol. The molecule has 0 saturated heterocycles. The highest BCUT2D eigenvalue weighted by Gasteiger charge is 2.24. The molecule has 0 spiro atoms. The van der Waals surface area contributed by atoms with E-state index in [1.165, 1.54) is 12.1 Å². The molecule has 0 amide bonds. The summed E-state index contributed by atoms with van der Waals surface area (Å²) in [5, 5.41) is 12.7. The second kappa shape index (κ2) is 18.9. The number of ether oxygens (including phenoxy) is 6. The first-order chi connectivity index (χ1) is 20.5. The van der Waals surface area contributed by atoms with Crippen LogP contribution in [0.3, 0.4) is 0 Å². The van der Waals surface area contributed by atoms with E-state index in [1.54, 1.807) is 26.8 Å². The summed E-state index contributed by atoms with van der Waals surface area (Å²) in [6.45, 7) is 9.08. The number of nitrogens with one attached hydrogen (secondary N) is 1. The molecule has 2 rings (SSSR count). The van der Waals surface area contributed by atoms with Crippen LogP contribution in [0.15, 0.2) is 18.2 Å². The van der Waals surface area contributed by atoms with Crippen LogP contribution >= 0.6 is 0 Å². The number of benzene rings is 1. The van der Waals surface area contributed by atoms with Crippen LogP contribution in [0.25, 0.3) is 0 Å². The van der Waals surface area contributed by atoms with Gasteiger partial charge in [-0.25, -0.2) is 14.4 Å². The molecule has 3 unspecified atom stereocenters. The van der Waals surface area contributed by atoms with E-state index in [0.717, 1.165) is 44.9 Å². The molecule has 2 N–H and O–H groups in total. The fourth-order valence-corrected chi connectivity index (χ4v) is 4.67. The van der Waals surface area contributed by atoms with Crippen molar-refractivity contribution < 1.29 is 52.7 Å². The lowest BCUT2D eigenvalue weighted by atomic mass is 9.98. The summed E-state index contributed by atoms with van der Waals surface area (Å²) >= 11 is 0. The van der Waals surface area contributed by atoms with Crippen LogP contribution in [0.5, 0.6) is 11.5 Å². The topological polar surface area (TPSA) is 156 Å². The number of hydrogen-bond donors (Lipinski definition) is 2. The number of rotatable bonds is 16. The van der Waals surface area contributed by atoms with Crippen LogP contribution in [0, 0.1) is 0 Å². The van der Waals surface area contributed by atoms with Gasteiger partial charge in [-0.3, -0.25) is 4.79 Å². The van der Waals surface area contributed by atoms with Gasteiger partial charge in [-0.15, -0.1) is 0 Å². The first kappa shape index (κ1) is 35.7. The van der Waals surface area contributed by atoms with Crippen LogP contribution in [0.2, 0.25) is 0 Å². The van der Waals surface area contributed by atoms with Crippen molar-refractivity contribution in [1.82, 2.24) is 5.32 Å². The monoisotopic (exact) mass is 609 g/mol. The van der Waals surface area contributed by atoms with Crippen molar-refractivity contribution in [1.29, 1.82) is 0 Å². The molecule has 0 aliphatic heterocycles. The van der Waals surface area contributed by atoms with Gasteiger partial charge in [0.05, 0.1) is 0 Å². The van der Waals surface area contributed by atoms with Gasteiger partial charge in [-0.1, -0.05) is 39.2 Å². The predicted molar refractivity (Wildman–Crippen MR) is 156 cm³/mol. The van der Waals surface area contributed by atoms with Crippen LogP contribution in [-0.4, -0.2) is 66.5 Å². The summed E-state index contributed by atoms with van der Waals surface area (Å²) < 4.78 is 31.8. The zero-order valence-electron chi connectivity index (χ0n) is 25.9. The highest BCUT2D eigenvalue weighted by atomic mass is 16.8. The van der Waals surface area contributed by atoms with Crippen molar-refractivity contribution in [3.8, 4) is 11.5 Å². The van der Waals surface area contributed by atoms with Crippen molar-refractivity contribution in [2.75, 3.05) is 6.54 Å². The molecule has 242 valence electrons. The van der Waals surface area contributed by atoms with E-state index in [1.807, 2.05) is 13.8 Å². The third-order valence-electron chi connectivity index (χ3n) is 6.88. The zero-order chi connectivity index (χ0) is 31.8. The Hall–Kier alpha value is -3.54. The van der Waals surface area contributed by atoms with E-state index in [2.05, 4.69) is 5.32 Å². The number of aliphatic carboxylic acids is 1. The Morgan fingerprint density at radius 3 is 1.93 bits per heavy atom. The molecule has 0 radical (unpaired) electrons. The minimum Gasteiger partial charge on any atom is -0.480 e. The van der Waals surface area contributed by atoms with E-state index in [4.69, 9.17) is 28.4 Å². The molecular weight excluding hydrogens is 562 g/mol. The molecule has 1 aromatic rings. The van der Waals surface area contributed by atoms with Gasteiger partial charge in [0.1, 0.15) is 30.5 Å². The van der Waals surface area contributed by atoms with Crippen LogP contribution in [0.4, 0.5) is 14.4 Å². The van der Waals surface area contributed by atoms with E-state index >= 15 is 0 Å². The summed E-state index contributed by atoms with van der Waals surface area (Å²) in [5.41, 5.74) is 0.467. The molecule has 1 saturated carbocycles. The molecule has 1 aliphatic rings. The third kappa shape index (κ3) is 14.0. The van der Waals surface area contributed by atoms with Crippen LogP contribution < -0.4 is 14.8 Å². The molecule has 0 bridgehead atoms. The van der Waals surface area contributed by atoms with Gasteiger partial charge in [-0.2, -0.15) is 0 Å². The van der Waals surface area contributed by atoms with Crippen molar-refractivity contribution in [3.63, 3.8) is 0 Å². The molecule has 0 aromatic heterocycles. The maximum absolute atomic E-state index is 12.5. The van der Waals surface area contributed by atoms with E-state index < -0.39 is 42.7 Å². The van der Waals surface area contributed by atoms with Gasteiger partial charge in [0.2, 0.25) is 0 Å². The normalized spacial score (nSPS) is 16.2. The van der Waals surface area contributed by atoms with Gasteiger partial charge in [0.25, 0.3) is 0 Å². The summed E-state index contributed by atoms with van der Waals surface area (Å²) in [5.74, 6) is -1.35. The molecule has 4 atom stereocenters. The standard InChI is InChI=1S/C31H47NO11/c1-6-11-20(3)38-30(36)42-26-16-15-23(18-27(26)43-31(37)39-21(4)12-7-2)17-25(28(33)34)32-19-22(5)40-29(35)41-24-13-9-8-10-14-24/h15-16,18,20-22,24-25,32H,6-14,17,19H2,1-5H3,(H,33,34)/t20?,21?,22?,25-/m0/s1. The lowest BCUT2D eigenvalue weighted by molar-refractivity contribution is -0.139. The van der Waals surface area contributed by atoms with E-state index in [-0.39, 0.29) is 36.7 Å². The number of carboxylic acids is 1. The van der Waals surface area contributed by atoms with Gasteiger partial charge in [0.15, 0.2) is 11.5 Å². The number of carbonyl (C=O) groups excluding carboxylic acids is 3. The lowest BCUT2D eigenvalue weighted by Gasteiger charge is -2.23. The molecule has 12 heteroatoms. The Morgan fingerprint density at radius 2 is 1.37 bits per heavy atom.